The molecule has 0 spiro atoms. The Morgan fingerprint density at radius 2 is 2.00 bits per heavy atom. The van der Waals surface area contributed by atoms with E-state index in [1.807, 2.05) is 0 Å². The third-order valence-corrected chi connectivity index (χ3v) is 3.84. The lowest BCUT2D eigenvalue weighted by Gasteiger charge is -2.35. The van der Waals surface area contributed by atoms with Crippen LogP contribution >= 0.6 is 0 Å². The molecule has 0 saturated carbocycles. The molecule has 0 saturated heterocycles. The molecular formula is C16H17F3N2O2. The van der Waals surface area contributed by atoms with Crippen LogP contribution in [0.5, 0.6) is 0 Å². The summed E-state index contributed by atoms with van der Waals surface area (Å²) in [6.07, 6.45) is -4.49. The fourth-order valence-electron chi connectivity index (χ4n) is 2.76. The lowest BCUT2D eigenvalue weighted by molar-refractivity contribution is -0.137. The first-order chi connectivity index (χ1) is 10.7. The van der Waals surface area contributed by atoms with E-state index in [2.05, 4.69) is 5.32 Å². The molecule has 0 fully saturated rings. The number of nitrogens with one attached hydrogen (secondary N) is 1. The van der Waals surface area contributed by atoms with E-state index in [1.54, 1.807) is 13.8 Å². The van der Waals surface area contributed by atoms with E-state index in [0.717, 1.165) is 12.1 Å². The molecule has 0 aliphatic carbocycles. The van der Waals surface area contributed by atoms with Gasteiger partial charge in [0.15, 0.2) is 5.78 Å². The SMILES string of the molecule is CCN1C(=O)N[C@@H](c2cccc(C(F)(F)F)c2)C(C(C)=O)=C1C. The summed E-state index contributed by atoms with van der Waals surface area (Å²) in [5.74, 6) is -0.289. The van der Waals surface area contributed by atoms with Crippen molar-refractivity contribution in [3.8, 4) is 0 Å². The van der Waals surface area contributed by atoms with Gasteiger partial charge in [0.25, 0.3) is 0 Å². The number of carbonyl (C=O) groups excluding carboxylic acids is 2. The monoisotopic (exact) mass is 326 g/mol. The average Bonchev–Trinajstić information content (AvgIpc) is 2.45. The number of halogens is 3. The largest absolute Gasteiger partial charge is 0.416 e. The molecule has 0 bridgehead atoms. The van der Waals surface area contributed by atoms with Gasteiger partial charge in [0, 0.05) is 17.8 Å². The number of alkyl halides is 3. The van der Waals surface area contributed by atoms with Gasteiger partial charge in [-0.1, -0.05) is 12.1 Å². The van der Waals surface area contributed by atoms with Gasteiger partial charge in [-0.15, -0.1) is 0 Å². The van der Waals surface area contributed by atoms with E-state index < -0.39 is 23.8 Å². The van der Waals surface area contributed by atoms with Crippen LogP contribution in [0.15, 0.2) is 35.5 Å². The van der Waals surface area contributed by atoms with Gasteiger partial charge in [0.05, 0.1) is 11.6 Å². The topological polar surface area (TPSA) is 49.4 Å². The number of hydrogen-bond donors (Lipinski definition) is 1. The van der Waals surface area contributed by atoms with Crippen LogP contribution in [-0.2, 0) is 11.0 Å². The highest BCUT2D eigenvalue weighted by Crippen LogP contribution is 2.35. The molecule has 23 heavy (non-hydrogen) atoms. The zero-order valence-corrected chi connectivity index (χ0v) is 13.0. The van der Waals surface area contributed by atoms with Crippen molar-refractivity contribution in [1.82, 2.24) is 10.2 Å². The van der Waals surface area contributed by atoms with Crippen molar-refractivity contribution in [3.63, 3.8) is 0 Å². The second kappa shape index (κ2) is 6.06. The van der Waals surface area contributed by atoms with Crippen LogP contribution in [0.2, 0.25) is 0 Å². The van der Waals surface area contributed by atoms with Crippen molar-refractivity contribution in [2.24, 2.45) is 0 Å². The van der Waals surface area contributed by atoms with Crippen molar-refractivity contribution in [3.05, 3.63) is 46.7 Å². The predicted molar refractivity (Wildman–Crippen MR) is 78.5 cm³/mol. The molecule has 1 N–H and O–H groups in total. The number of hydrogen-bond acceptors (Lipinski definition) is 2. The number of nitrogens with zero attached hydrogens (tertiary/aromatic N) is 1. The second-order valence-electron chi connectivity index (χ2n) is 5.31. The fourth-order valence-corrected chi connectivity index (χ4v) is 2.76. The van der Waals surface area contributed by atoms with Crippen molar-refractivity contribution in [1.29, 1.82) is 0 Å². The Labute approximate surface area is 132 Å². The zero-order valence-electron chi connectivity index (χ0n) is 13.0. The number of rotatable bonds is 3. The summed E-state index contributed by atoms with van der Waals surface area (Å²) in [6, 6.07) is 3.34. The molecule has 2 rings (SSSR count). The molecular weight excluding hydrogens is 309 g/mol. The number of amides is 2. The molecule has 2 amide bonds. The Balaban J connectivity index is 2.56. The van der Waals surface area contributed by atoms with E-state index in [-0.39, 0.29) is 11.3 Å². The molecule has 1 aliphatic heterocycles. The van der Waals surface area contributed by atoms with Gasteiger partial charge < -0.3 is 5.32 Å². The van der Waals surface area contributed by atoms with Crippen molar-refractivity contribution >= 4 is 11.8 Å². The maximum atomic E-state index is 12.9. The molecule has 0 aromatic heterocycles. The van der Waals surface area contributed by atoms with Gasteiger partial charge in [0.1, 0.15) is 0 Å². The lowest BCUT2D eigenvalue weighted by Crippen LogP contribution is -2.47. The number of Topliss-reactive ketones (excluding diaryl/α,β-unsaturated/α-hetero) is 1. The minimum Gasteiger partial charge on any atom is -0.327 e. The number of ketones is 1. The van der Waals surface area contributed by atoms with Crippen LogP contribution in [0, 0.1) is 0 Å². The van der Waals surface area contributed by atoms with Crippen molar-refractivity contribution in [2.75, 3.05) is 6.54 Å². The first kappa shape index (κ1) is 17.1. The maximum absolute atomic E-state index is 12.9. The summed E-state index contributed by atoms with van der Waals surface area (Å²) in [5, 5.41) is 2.62. The van der Waals surface area contributed by atoms with Gasteiger partial charge in [-0.3, -0.25) is 9.69 Å². The summed E-state index contributed by atoms with van der Waals surface area (Å²) < 4.78 is 38.7. The normalized spacial score (nSPS) is 19.0. The predicted octanol–water partition coefficient (Wildman–Crippen LogP) is 3.65. The molecule has 7 heteroatoms. The minimum atomic E-state index is -4.49. The third-order valence-electron chi connectivity index (χ3n) is 3.84. The molecule has 0 radical (unpaired) electrons. The molecule has 124 valence electrons. The Morgan fingerprint density at radius 1 is 1.35 bits per heavy atom. The van der Waals surface area contributed by atoms with Crippen LogP contribution in [-0.4, -0.2) is 23.3 Å². The molecule has 1 aromatic carbocycles. The van der Waals surface area contributed by atoms with Crippen LogP contribution in [0.1, 0.15) is 37.9 Å². The number of carbonyl (C=O) groups is 2. The third kappa shape index (κ3) is 3.23. The number of allylic oxidation sites excluding steroid dienone is 1. The van der Waals surface area contributed by atoms with Gasteiger partial charge in [-0.05, 0) is 38.5 Å². The standard InChI is InChI=1S/C16H17F3N2O2/c1-4-21-9(2)13(10(3)22)14(20-15(21)23)11-6-5-7-12(8-11)16(17,18)19/h5-8,14H,4H2,1-3H3,(H,20,23)/t14-/m0/s1. The Kier molecular flexibility index (Phi) is 4.49. The van der Waals surface area contributed by atoms with Crippen molar-refractivity contribution in [2.45, 2.75) is 33.0 Å². The summed E-state index contributed by atoms with van der Waals surface area (Å²) in [4.78, 5) is 25.5. The lowest BCUT2D eigenvalue weighted by atomic mass is 9.91. The van der Waals surface area contributed by atoms with Gasteiger partial charge in [0.2, 0.25) is 0 Å². The van der Waals surface area contributed by atoms with E-state index in [0.29, 0.717) is 17.8 Å². The summed E-state index contributed by atoms with van der Waals surface area (Å²) >= 11 is 0. The molecule has 0 unspecified atom stereocenters. The van der Waals surface area contributed by atoms with E-state index in [9.17, 15) is 22.8 Å². The summed E-state index contributed by atoms with van der Waals surface area (Å²) in [5.41, 5.74) is 0.174. The molecule has 1 heterocycles. The second-order valence-corrected chi connectivity index (χ2v) is 5.31. The Hall–Kier alpha value is -2.31. The highest BCUT2D eigenvalue weighted by molar-refractivity contribution is 5.98. The Morgan fingerprint density at radius 3 is 2.52 bits per heavy atom. The van der Waals surface area contributed by atoms with Gasteiger partial charge in [-0.2, -0.15) is 13.2 Å². The van der Waals surface area contributed by atoms with E-state index in [1.165, 1.54) is 24.0 Å². The number of benzene rings is 1. The van der Waals surface area contributed by atoms with Crippen LogP contribution in [0.3, 0.4) is 0 Å². The first-order valence-corrected chi connectivity index (χ1v) is 7.13. The van der Waals surface area contributed by atoms with Gasteiger partial charge in [-0.25, -0.2) is 4.79 Å². The summed E-state index contributed by atoms with van der Waals surface area (Å²) in [7, 11) is 0. The van der Waals surface area contributed by atoms with E-state index >= 15 is 0 Å². The minimum absolute atomic E-state index is 0.230. The molecule has 1 atom stereocenters. The smallest absolute Gasteiger partial charge is 0.327 e. The van der Waals surface area contributed by atoms with Crippen LogP contribution < -0.4 is 5.32 Å². The summed E-state index contributed by atoms with van der Waals surface area (Å²) in [6.45, 7) is 5.08. The number of urea groups is 1. The quantitative estimate of drug-likeness (QED) is 0.921. The first-order valence-electron chi connectivity index (χ1n) is 7.13. The molecule has 1 aromatic rings. The van der Waals surface area contributed by atoms with Crippen LogP contribution in [0.25, 0.3) is 0 Å². The average molecular weight is 326 g/mol. The van der Waals surface area contributed by atoms with E-state index in [4.69, 9.17) is 0 Å². The van der Waals surface area contributed by atoms with Crippen molar-refractivity contribution < 1.29 is 22.8 Å². The highest BCUT2D eigenvalue weighted by atomic mass is 19.4. The van der Waals surface area contributed by atoms with Crippen LogP contribution in [0.4, 0.5) is 18.0 Å². The molecule has 4 nitrogen and oxygen atoms in total. The van der Waals surface area contributed by atoms with Gasteiger partial charge >= 0.3 is 12.2 Å². The fraction of sp³-hybridized carbons (Fsp3) is 0.375. The molecule has 1 aliphatic rings. The maximum Gasteiger partial charge on any atom is 0.416 e. The Bertz CT molecular complexity index is 680. The highest BCUT2D eigenvalue weighted by Gasteiger charge is 2.35. The zero-order chi connectivity index (χ0) is 17.4.